The Hall–Kier alpha value is -0.850. The van der Waals surface area contributed by atoms with Gasteiger partial charge in [-0.05, 0) is 34.1 Å². The average Bonchev–Trinajstić information content (AvgIpc) is 2.81. The lowest BCUT2D eigenvalue weighted by Crippen LogP contribution is -2.24. The molecular weight excluding hydrogens is 329 g/mol. The van der Waals surface area contributed by atoms with Crippen LogP contribution in [0.5, 0.6) is 0 Å². The Morgan fingerprint density at radius 2 is 2.16 bits per heavy atom. The van der Waals surface area contributed by atoms with Gasteiger partial charge in [-0.25, -0.2) is 4.39 Å². The van der Waals surface area contributed by atoms with Crippen molar-refractivity contribution in [1.29, 1.82) is 0 Å². The zero-order chi connectivity index (χ0) is 13.8. The summed E-state index contributed by atoms with van der Waals surface area (Å²) in [5.41, 5.74) is 0.883. The standard InChI is InChI=1S/C13H15BrFN3S/c1-8(2)16-6-5-12-17-18-13(19-12)9-3-4-11(15)10(14)7-9/h3-4,7-8,16H,5-6H2,1-2H3. The third-order valence-electron chi connectivity index (χ3n) is 2.52. The van der Waals surface area contributed by atoms with Crippen molar-refractivity contribution in [2.45, 2.75) is 26.3 Å². The Bertz CT molecular complexity index is 557. The fourth-order valence-corrected chi connectivity index (χ4v) is 2.78. The lowest BCUT2D eigenvalue weighted by molar-refractivity contribution is 0.588. The summed E-state index contributed by atoms with van der Waals surface area (Å²) in [6, 6.07) is 5.35. The van der Waals surface area contributed by atoms with E-state index in [0.29, 0.717) is 10.5 Å². The highest BCUT2D eigenvalue weighted by Gasteiger charge is 2.09. The van der Waals surface area contributed by atoms with Crippen LogP contribution in [0.3, 0.4) is 0 Å². The number of rotatable bonds is 5. The Morgan fingerprint density at radius 3 is 2.84 bits per heavy atom. The molecule has 1 N–H and O–H groups in total. The minimum atomic E-state index is -0.269. The molecule has 19 heavy (non-hydrogen) atoms. The van der Waals surface area contributed by atoms with Crippen molar-refractivity contribution in [2.24, 2.45) is 0 Å². The van der Waals surface area contributed by atoms with Crippen LogP contribution in [0.1, 0.15) is 18.9 Å². The molecule has 2 rings (SSSR count). The first-order valence-corrected chi connectivity index (χ1v) is 7.68. The number of nitrogens with zero attached hydrogens (tertiary/aromatic N) is 2. The Kier molecular flexibility index (Phi) is 5.01. The van der Waals surface area contributed by atoms with E-state index in [0.717, 1.165) is 28.5 Å². The van der Waals surface area contributed by atoms with E-state index in [4.69, 9.17) is 0 Å². The normalized spacial score (nSPS) is 11.2. The van der Waals surface area contributed by atoms with E-state index in [9.17, 15) is 4.39 Å². The van der Waals surface area contributed by atoms with E-state index < -0.39 is 0 Å². The maximum absolute atomic E-state index is 13.2. The maximum Gasteiger partial charge on any atom is 0.147 e. The number of hydrogen-bond donors (Lipinski definition) is 1. The van der Waals surface area contributed by atoms with Crippen molar-refractivity contribution in [3.8, 4) is 10.6 Å². The largest absolute Gasteiger partial charge is 0.314 e. The van der Waals surface area contributed by atoms with Crippen LogP contribution in [0.15, 0.2) is 22.7 Å². The van der Waals surface area contributed by atoms with Crippen molar-refractivity contribution in [3.63, 3.8) is 0 Å². The first kappa shape index (κ1) is 14.6. The first-order chi connectivity index (χ1) is 9.06. The number of nitrogens with one attached hydrogen (secondary N) is 1. The van der Waals surface area contributed by atoms with Gasteiger partial charge in [-0.15, -0.1) is 10.2 Å². The molecule has 0 bridgehead atoms. The molecule has 3 nitrogen and oxygen atoms in total. The monoisotopic (exact) mass is 343 g/mol. The van der Waals surface area contributed by atoms with Crippen LogP contribution in [-0.4, -0.2) is 22.8 Å². The van der Waals surface area contributed by atoms with E-state index in [2.05, 4.69) is 45.3 Å². The summed E-state index contributed by atoms with van der Waals surface area (Å²) in [6.07, 6.45) is 0.859. The topological polar surface area (TPSA) is 37.8 Å². The quantitative estimate of drug-likeness (QED) is 0.900. The highest BCUT2D eigenvalue weighted by molar-refractivity contribution is 9.10. The molecule has 0 atom stereocenters. The summed E-state index contributed by atoms with van der Waals surface area (Å²) < 4.78 is 13.6. The van der Waals surface area contributed by atoms with Gasteiger partial charge in [0.15, 0.2) is 0 Å². The third kappa shape index (κ3) is 4.06. The molecule has 0 aliphatic heterocycles. The molecule has 2 aromatic rings. The molecule has 0 saturated carbocycles. The average molecular weight is 344 g/mol. The molecule has 0 unspecified atom stereocenters. The number of benzene rings is 1. The van der Waals surface area contributed by atoms with E-state index in [1.807, 2.05) is 0 Å². The lowest BCUT2D eigenvalue weighted by Gasteiger charge is -2.05. The molecule has 0 aliphatic rings. The molecule has 1 aromatic carbocycles. The van der Waals surface area contributed by atoms with Crippen LogP contribution in [0, 0.1) is 5.82 Å². The second-order valence-corrected chi connectivity index (χ2v) is 6.41. The molecule has 0 aliphatic carbocycles. The predicted octanol–water partition coefficient (Wildman–Crippen LogP) is 3.65. The summed E-state index contributed by atoms with van der Waals surface area (Å²) in [6.45, 7) is 5.11. The van der Waals surface area contributed by atoms with Crippen LogP contribution in [0.2, 0.25) is 0 Å². The molecule has 0 amide bonds. The molecular formula is C13H15BrFN3S. The molecule has 0 fully saturated rings. The summed E-state index contributed by atoms with van der Waals surface area (Å²) >= 11 is 4.73. The molecule has 0 spiro atoms. The van der Waals surface area contributed by atoms with Gasteiger partial charge in [0.25, 0.3) is 0 Å². The van der Waals surface area contributed by atoms with Gasteiger partial charge in [-0.3, -0.25) is 0 Å². The molecule has 1 heterocycles. The van der Waals surface area contributed by atoms with Gasteiger partial charge in [-0.2, -0.15) is 0 Å². The van der Waals surface area contributed by atoms with Gasteiger partial charge in [0.1, 0.15) is 15.8 Å². The zero-order valence-electron chi connectivity index (χ0n) is 10.8. The van der Waals surface area contributed by atoms with Crippen molar-refractivity contribution in [2.75, 3.05) is 6.54 Å². The Balaban J connectivity index is 2.05. The van der Waals surface area contributed by atoms with Gasteiger partial charge in [0.2, 0.25) is 0 Å². The Morgan fingerprint density at radius 1 is 1.37 bits per heavy atom. The van der Waals surface area contributed by atoms with Crippen LogP contribution in [0.25, 0.3) is 10.6 Å². The van der Waals surface area contributed by atoms with Gasteiger partial charge >= 0.3 is 0 Å². The predicted molar refractivity (Wildman–Crippen MR) is 79.8 cm³/mol. The van der Waals surface area contributed by atoms with Crippen molar-refractivity contribution >= 4 is 27.3 Å². The SMILES string of the molecule is CC(C)NCCc1nnc(-c2ccc(F)c(Br)c2)s1. The second kappa shape index (κ2) is 6.54. The van der Waals surface area contributed by atoms with Crippen LogP contribution < -0.4 is 5.32 Å². The van der Waals surface area contributed by atoms with E-state index >= 15 is 0 Å². The summed E-state index contributed by atoms with van der Waals surface area (Å²) in [4.78, 5) is 0. The van der Waals surface area contributed by atoms with Gasteiger partial charge in [0.05, 0.1) is 4.47 Å². The van der Waals surface area contributed by atoms with Gasteiger partial charge in [0, 0.05) is 24.6 Å². The van der Waals surface area contributed by atoms with Crippen LogP contribution in [0.4, 0.5) is 4.39 Å². The second-order valence-electron chi connectivity index (χ2n) is 4.49. The minimum absolute atomic E-state index is 0.269. The molecule has 0 saturated heterocycles. The number of hydrogen-bond acceptors (Lipinski definition) is 4. The van der Waals surface area contributed by atoms with E-state index in [-0.39, 0.29) is 5.82 Å². The minimum Gasteiger partial charge on any atom is -0.314 e. The molecule has 0 radical (unpaired) electrons. The Labute approximate surface area is 124 Å². The summed E-state index contributed by atoms with van der Waals surface area (Å²) in [5, 5.41) is 13.5. The van der Waals surface area contributed by atoms with Gasteiger partial charge < -0.3 is 5.32 Å². The van der Waals surface area contributed by atoms with Crippen molar-refractivity contribution in [1.82, 2.24) is 15.5 Å². The fraction of sp³-hybridized carbons (Fsp3) is 0.385. The highest BCUT2D eigenvalue weighted by atomic mass is 79.9. The molecule has 102 valence electrons. The lowest BCUT2D eigenvalue weighted by atomic mass is 10.2. The fourth-order valence-electron chi connectivity index (χ4n) is 1.57. The summed E-state index contributed by atoms with van der Waals surface area (Å²) in [5.74, 6) is -0.269. The van der Waals surface area contributed by atoms with Gasteiger partial charge in [-0.1, -0.05) is 25.2 Å². The van der Waals surface area contributed by atoms with Crippen molar-refractivity contribution < 1.29 is 4.39 Å². The number of aromatic nitrogens is 2. The summed E-state index contributed by atoms with van der Waals surface area (Å²) in [7, 11) is 0. The van der Waals surface area contributed by atoms with E-state index in [1.165, 1.54) is 6.07 Å². The maximum atomic E-state index is 13.2. The third-order valence-corrected chi connectivity index (χ3v) is 4.16. The number of halogens is 2. The van der Waals surface area contributed by atoms with Crippen LogP contribution >= 0.6 is 27.3 Å². The molecule has 1 aromatic heterocycles. The van der Waals surface area contributed by atoms with Crippen LogP contribution in [-0.2, 0) is 6.42 Å². The highest BCUT2D eigenvalue weighted by Crippen LogP contribution is 2.27. The zero-order valence-corrected chi connectivity index (χ0v) is 13.2. The first-order valence-electron chi connectivity index (χ1n) is 6.07. The molecule has 6 heteroatoms. The smallest absolute Gasteiger partial charge is 0.147 e. The van der Waals surface area contributed by atoms with Crippen molar-refractivity contribution in [3.05, 3.63) is 33.5 Å². The van der Waals surface area contributed by atoms with E-state index in [1.54, 1.807) is 23.5 Å².